The third kappa shape index (κ3) is 5.07. The summed E-state index contributed by atoms with van der Waals surface area (Å²) < 4.78 is 0.939. The van der Waals surface area contributed by atoms with Crippen molar-refractivity contribution in [3.63, 3.8) is 0 Å². The summed E-state index contributed by atoms with van der Waals surface area (Å²) >= 11 is 3.31. The zero-order valence-corrected chi connectivity index (χ0v) is 11.0. The quantitative estimate of drug-likeness (QED) is 0.842. The van der Waals surface area contributed by atoms with Crippen LogP contribution in [0.5, 0.6) is 0 Å². The smallest absolute Gasteiger partial charge is 0.139 e. The van der Waals surface area contributed by atoms with Gasteiger partial charge < -0.3 is 0 Å². The van der Waals surface area contributed by atoms with Crippen LogP contribution in [-0.2, 0) is 11.2 Å². The molecule has 15 heavy (non-hydrogen) atoms. The van der Waals surface area contributed by atoms with Crippen LogP contribution in [0.25, 0.3) is 0 Å². The van der Waals surface area contributed by atoms with Crippen LogP contribution in [0.1, 0.15) is 32.9 Å². The molecule has 82 valence electrons. The zero-order valence-electron chi connectivity index (χ0n) is 9.38. The standard InChI is InChI=1S/C12H16BrNO/c1-12(2,3)7-11(15)6-10-5-4-9(13)8-14-10/h4-5,8H,6-7H2,1-3H3. The number of nitrogens with zero attached hydrogens (tertiary/aromatic N) is 1. The first-order valence-electron chi connectivity index (χ1n) is 4.99. The lowest BCUT2D eigenvalue weighted by molar-refractivity contribution is -0.120. The molecule has 0 atom stereocenters. The van der Waals surface area contributed by atoms with Gasteiger partial charge in [-0.1, -0.05) is 20.8 Å². The number of pyridine rings is 1. The van der Waals surface area contributed by atoms with E-state index in [0.29, 0.717) is 12.8 Å². The minimum Gasteiger partial charge on any atom is -0.299 e. The van der Waals surface area contributed by atoms with Gasteiger partial charge in [0.2, 0.25) is 0 Å². The van der Waals surface area contributed by atoms with Gasteiger partial charge in [0.25, 0.3) is 0 Å². The molecule has 0 aliphatic carbocycles. The molecule has 0 radical (unpaired) electrons. The van der Waals surface area contributed by atoms with E-state index < -0.39 is 0 Å². The normalized spacial score (nSPS) is 11.5. The number of Topliss-reactive ketones (excluding diaryl/α,β-unsaturated/α-hetero) is 1. The van der Waals surface area contributed by atoms with Gasteiger partial charge in [-0.25, -0.2) is 0 Å². The minimum absolute atomic E-state index is 0.0620. The topological polar surface area (TPSA) is 30.0 Å². The lowest BCUT2D eigenvalue weighted by Crippen LogP contribution is -2.15. The van der Waals surface area contributed by atoms with Gasteiger partial charge in [-0.2, -0.15) is 0 Å². The molecule has 0 bridgehead atoms. The summed E-state index contributed by atoms with van der Waals surface area (Å²) in [6.45, 7) is 6.21. The largest absolute Gasteiger partial charge is 0.299 e. The van der Waals surface area contributed by atoms with E-state index in [9.17, 15) is 4.79 Å². The lowest BCUT2D eigenvalue weighted by Gasteiger charge is -2.16. The maximum absolute atomic E-state index is 11.7. The Morgan fingerprint density at radius 2 is 2.07 bits per heavy atom. The van der Waals surface area contributed by atoms with Crippen LogP contribution in [0.15, 0.2) is 22.8 Å². The van der Waals surface area contributed by atoms with E-state index in [0.717, 1.165) is 10.2 Å². The fourth-order valence-corrected chi connectivity index (χ4v) is 1.60. The summed E-state index contributed by atoms with van der Waals surface area (Å²) in [6.07, 6.45) is 2.76. The summed E-state index contributed by atoms with van der Waals surface area (Å²) in [5, 5.41) is 0. The Morgan fingerprint density at radius 3 is 2.53 bits per heavy atom. The highest BCUT2D eigenvalue weighted by Gasteiger charge is 2.16. The molecule has 0 saturated heterocycles. The first kappa shape index (κ1) is 12.4. The number of carbonyl (C=O) groups is 1. The molecule has 3 heteroatoms. The number of aromatic nitrogens is 1. The summed E-state index contributed by atoms with van der Waals surface area (Å²) in [4.78, 5) is 15.8. The predicted octanol–water partition coefficient (Wildman–Crippen LogP) is 3.39. The van der Waals surface area contributed by atoms with Gasteiger partial charge in [0.05, 0.1) is 0 Å². The number of ketones is 1. The highest BCUT2D eigenvalue weighted by atomic mass is 79.9. The summed E-state index contributed by atoms with van der Waals surface area (Å²) in [6, 6.07) is 3.79. The van der Waals surface area contributed by atoms with E-state index in [1.54, 1.807) is 6.20 Å². The Kier molecular flexibility index (Phi) is 4.03. The number of rotatable bonds is 3. The van der Waals surface area contributed by atoms with Crippen molar-refractivity contribution in [3.8, 4) is 0 Å². The molecule has 0 aromatic carbocycles. The molecule has 0 N–H and O–H groups in total. The van der Waals surface area contributed by atoms with Gasteiger partial charge >= 0.3 is 0 Å². The van der Waals surface area contributed by atoms with Gasteiger partial charge in [0, 0.05) is 29.2 Å². The SMILES string of the molecule is CC(C)(C)CC(=O)Cc1ccc(Br)cn1. The van der Waals surface area contributed by atoms with E-state index in [-0.39, 0.29) is 11.2 Å². The molecule has 0 spiro atoms. The van der Waals surface area contributed by atoms with E-state index in [1.165, 1.54) is 0 Å². The van der Waals surface area contributed by atoms with E-state index in [4.69, 9.17) is 0 Å². The Morgan fingerprint density at radius 1 is 1.40 bits per heavy atom. The van der Waals surface area contributed by atoms with Crippen molar-refractivity contribution in [2.75, 3.05) is 0 Å². The second-order valence-corrected chi connectivity index (χ2v) is 5.84. The van der Waals surface area contributed by atoms with Crippen molar-refractivity contribution in [2.45, 2.75) is 33.6 Å². The zero-order chi connectivity index (χ0) is 11.5. The molecule has 0 saturated carbocycles. The van der Waals surface area contributed by atoms with Crippen molar-refractivity contribution < 1.29 is 4.79 Å². The van der Waals surface area contributed by atoms with Crippen molar-refractivity contribution >= 4 is 21.7 Å². The average molecular weight is 270 g/mol. The average Bonchev–Trinajstić information content (AvgIpc) is 2.05. The Balaban J connectivity index is 2.55. The molecule has 2 nitrogen and oxygen atoms in total. The predicted molar refractivity (Wildman–Crippen MR) is 64.7 cm³/mol. The molecule has 1 heterocycles. The summed E-state index contributed by atoms with van der Waals surface area (Å²) in [5.74, 6) is 0.248. The maximum Gasteiger partial charge on any atom is 0.139 e. The first-order chi connectivity index (χ1) is 6.87. The fourth-order valence-electron chi connectivity index (χ4n) is 1.37. The molecule has 1 rings (SSSR count). The van der Waals surface area contributed by atoms with E-state index in [1.807, 2.05) is 12.1 Å². The summed E-state index contributed by atoms with van der Waals surface area (Å²) in [5.41, 5.74) is 0.902. The van der Waals surface area contributed by atoms with Gasteiger partial charge in [0.1, 0.15) is 5.78 Å². The van der Waals surface area contributed by atoms with Crippen LogP contribution < -0.4 is 0 Å². The first-order valence-corrected chi connectivity index (χ1v) is 5.78. The van der Waals surface area contributed by atoms with E-state index in [2.05, 4.69) is 41.7 Å². The lowest BCUT2D eigenvalue weighted by atomic mass is 9.89. The van der Waals surface area contributed by atoms with Crippen LogP contribution in [0.3, 0.4) is 0 Å². The molecule has 0 aliphatic heterocycles. The van der Waals surface area contributed by atoms with E-state index >= 15 is 0 Å². The second-order valence-electron chi connectivity index (χ2n) is 4.92. The van der Waals surface area contributed by atoms with Gasteiger partial charge in [-0.05, 0) is 33.5 Å². The van der Waals surface area contributed by atoms with Crippen molar-refractivity contribution in [1.29, 1.82) is 0 Å². The number of halogens is 1. The molecular weight excluding hydrogens is 254 g/mol. The Bertz CT molecular complexity index is 338. The van der Waals surface area contributed by atoms with Crippen molar-refractivity contribution in [1.82, 2.24) is 4.98 Å². The second kappa shape index (κ2) is 4.88. The molecule has 0 fully saturated rings. The molecule has 0 aliphatic rings. The Hall–Kier alpha value is -0.700. The van der Waals surface area contributed by atoms with Crippen LogP contribution in [0.2, 0.25) is 0 Å². The maximum atomic E-state index is 11.7. The highest BCUT2D eigenvalue weighted by Crippen LogP contribution is 2.19. The molecule has 0 unspecified atom stereocenters. The summed E-state index contributed by atoms with van der Waals surface area (Å²) in [7, 11) is 0. The third-order valence-electron chi connectivity index (χ3n) is 1.89. The van der Waals surface area contributed by atoms with Crippen molar-refractivity contribution in [3.05, 3.63) is 28.5 Å². The molecule has 0 amide bonds. The van der Waals surface area contributed by atoms with Crippen LogP contribution in [0.4, 0.5) is 0 Å². The van der Waals surface area contributed by atoms with Gasteiger partial charge in [-0.15, -0.1) is 0 Å². The van der Waals surface area contributed by atoms with Gasteiger partial charge in [0.15, 0.2) is 0 Å². The van der Waals surface area contributed by atoms with Crippen molar-refractivity contribution in [2.24, 2.45) is 5.41 Å². The van der Waals surface area contributed by atoms with Crippen LogP contribution >= 0.6 is 15.9 Å². The molecular formula is C12H16BrNO. The highest BCUT2D eigenvalue weighted by molar-refractivity contribution is 9.10. The monoisotopic (exact) mass is 269 g/mol. The number of hydrogen-bond donors (Lipinski definition) is 0. The number of hydrogen-bond acceptors (Lipinski definition) is 2. The Labute approximate surface area is 99.2 Å². The van der Waals surface area contributed by atoms with Gasteiger partial charge in [-0.3, -0.25) is 9.78 Å². The van der Waals surface area contributed by atoms with Crippen LogP contribution in [0, 0.1) is 5.41 Å². The molecule has 1 aromatic rings. The minimum atomic E-state index is 0.0620. The fraction of sp³-hybridized carbons (Fsp3) is 0.500. The molecule has 1 aromatic heterocycles. The van der Waals surface area contributed by atoms with Crippen LogP contribution in [-0.4, -0.2) is 10.8 Å². The third-order valence-corrected chi connectivity index (χ3v) is 2.36. The number of carbonyl (C=O) groups excluding carboxylic acids is 1.